The minimum atomic E-state index is -3.84. The van der Waals surface area contributed by atoms with E-state index in [9.17, 15) is 8.42 Å². The maximum absolute atomic E-state index is 10.9. The topological polar surface area (TPSA) is 56.5 Å². The van der Waals surface area contributed by atoms with Crippen molar-refractivity contribution in [3.05, 3.63) is 24.0 Å². The van der Waals surface area contributed by atoms with Crippen LogP contribution in [-0.4, -0.2) is 15.5 Å². The van der Waals surface area contributed by atoms with Gasteiger partial charge >= 0.3 is 0 Å². The number of ether oxygens (including phenoxy) is 1. The van der Waals surface area contributed by atoms with Crippen LogP contribution in [0.15, 0.2) is 22.2 Å². The van der Waals surface area contributed by atoms with E-state index >= 15 is 0 Å². The molecule has 14 heavy (non-hydrogen) atoms. The summed E-state index contributed by atoms with van der Waals surface area (Å²) in [7, 11) is 2.70. The van der Waals surface area contributed by atoms with Crippen molar-refractivity contribution in [3.8, 4) is 0 Å². The summed E-state index contributed by atoms with van der Waals surface area (Å²) < 4.78 is 31.6. The Morgan fingerprint density at radius 3 is 2.57 bits per heavy atom. The molecule has 4 nitrogen and oxygen atoms in total. The van der Waals surface area contributed by atoms with Crippen LogP contribution in [0.3, 0.4) is 0 Å². The standard InChI is InChI=1S/C8H9ClO4S/c1-5(12-3)7-4-8(13-6(7)2)14(9,10)11/h4H,1H2,2-3H3. The zero-order valence-electron chi connectivity index (χ0n) is 7.70. The smallest absolute Gasteiger partial charge is 0.294 e. The van der Waals surface area contributed by atoms with Crippen LogP contribution < -0.4 is 0 Å². The lowest BCUT2D eigenvalue weighted by Gasteiger charge is -1.99. The van der Waals surface area contributed by atoms with Gasteiger partial charge in [0.15, 0.2) is 0 Å². The quantitative estimate of drug-likeness (QED) is 0.596. The van der Waals surface area contributed by atoms with Crippen molar-refractivity contribution in [2.45, 2.75) is 12.0 Å². The van der Waals surface area contributed by atoms with Crippen molar-refractivity contribution >= 4 is 25.5 Å². The van der Waals surface area contributed by atoms with E-state index in [1.807, 2.05) is 0 Å². The number of rotatable bonds is 3. The van der Waals surface area contributed by atoms with Crippen LogP contribution in [0.1, 0.15) is 11.3 Å². The van der Waals surface area contributed by atoms with E-state index in [1.165, 1.54) is 13.2 Å². The van der Waals surface area contributed by atoms with Crippen molar-refractivity contribution < 1.29 is 17.6 Å². The fraction of sp³-hybridized carbons (Fsp3) is 0.250. The highest BCUT2D eigenvalue weighted by atomic mass is 35.7. The van der Waals surface area contributed by atoms with Gasteiger partial charge in [-0.05, 0) is 6.92 Å². The molecule has 6 heteroatoms. The van der Waals surface area contributed by atoms with E-state index in [0.29, 0.717) is 17.1 Å². The number of hydrogen-bond donors (Lipinski definition) is 0. The maximum Gasteiger partial charge on any atom is 0.294 e. The summed E-state index contributed by atoms with van der Waals surface area (Å²) in [5, 5.41) is -0.301. The lowest BCUT2D eigenvalue weighted by molar-refractivity contribution is 0.369. The molecule has 0 radical (unpaired) electrons. The molecule has 0 aliphatic rings. The van der Waals surface area contributed by atoms with E-state index in [4.69, 9.17) is 19.8 Å². The van der Waals surface area contributed by atoms with Gasteiger partial charge in [0.25, 0.3) is 9.05 Å². The summed E-state index contributed by atoms with van der Waals surface area (Å²) in [6, 6.07) is 1.28. The predicted octanol–water partition coefficient (Wildman–Crippen LogP) is 2.13. The highest BCUT2D eigenvalue weighted by Crippen LogP contribution is 2.26. The normalized spacial score (nSPS) is 11.4. The Hall–Kier alpha value is -0.940. The molecule has 0 bridgehead atoms. The molecule has 0 aliphatic carbocycles. The van der Waals surface area contributed by atoms with Gasteiger partial charge in [-0.3, -0.25) is 0 Å². The zero-order chi connectivity index (χ0) is 10.9. The zero-order valence-corrected chi connectivity index (χ0v) is 9.28. The number of halogens is 1. The Labute approximate surface area is 86.5 Å². The third-order valence-electron chi connectivity index (χ3n) is 1.68. The molecule has 1 rings (SSSR count). The Bertz CT molecular complexity index is 458. The second-order valence-electron chi connectivity index (χ2n) is 2.60. The van der Waals surface area contributed by atoms with Crippen molar-refractivity contribution in [2.24, 2.45) is 0 Å². The van der Waals surface area contributed by atoms with Crippen LogP contribution >= 0.6 is 10.7 Å². The van der Waals surface area contributed by atoms with Crippen molar-refractivity contribution in [2.75, 3.05) is 7.11 Å². The Balaban J connectivity index is 3.25. The molecule has 0 spiro atoms. The predicted molar refractivity (Wildman–Crippen MR) is 52.5 cm³/mol. The van der Waals surface area contributed by atoms with Gasteiger partial charge in [-0.25, -0.2) is 8.42 Å². The minimum absolute atomic E-state index is 0.301. The van der Waals surface area contributed by atoms with E-state index < -0.39 is 9.05 Å². The van der Waals surface area contributed by atoms with Crippen LogP contribution in [0.2, 0.25) is 0 Å². The summed E-state index contributed by atoms with van der Waals surface area (Å²) >= 11 is 0. The number of methoxy groups -OCH3 is 1. The highest BCUT2D eigenvalue weighted by molar-refractivity contribution is 8.13. The first-order chi connectivity index (χ1) is 6.36. The van der Waals surface area contributed by atoms with Gasteiger partial charge in [0.1, 0.15) is 11.5 Å². The third kappa shape index (κ3) is 2.10. The molecule has 0 amide bonds. The third-order valence-corrected chi connectivity index (χ3v) is 2.82. The molecule has 1 heterocycles. The highest BCUT2D eigenvalue weighted by Gasteiger charge is 2.19. The van der Waals surface area contributed by atoms with Crippen molar-refractivity contribution in [1.82, 2.24) is 0 Å². The molecule has 1 aromatic heterocycles. The van der Waals surface area contributed by atoms with E-state index in [2.05, 4.69) is 6.58 Å². The van der Waals surface area contributed by atoms with Crippen LogP contribution in [0.25, 0.3) is 5.76 Å². The SMILES string of the molecule is C=C(OC)c1cc(S(=O)(=O)Cl)oc1C. The molecule has 0 aromatic carbocycles. The van der Waals surface area contributed by atoms with Crippen LogP contribution in [-0.2, 0) is 13.8 Å². The summed E-state index contributed by atoms with van der Waals surface area (Å²) in [5.41, 5.74) is 0.492. The molecule has 0 atom stereocenters. The number of hydrogen-bond acceptors (Lipinski definition) is 4. The summed E-state index contributed by atoms with van der Waals surface area (Å²) in [5.74, 6) is 0.730. The summed E-state index contributed by atoms with van der Waals surface area (Å²) in [6.45, 7) is 5.18. The van der Waals surface area contributed by atoms with Crippen LogP contribution in [0.4, 0.5) is 0 Å². The first-order valence-electron chi connectivity index (χ1n) is 3.64. The lowest BCUT2D eigenvalue weighted by atomic mass is 10.2. The maximum atomic E-state index is 10.9. The molecule has 0 fully saturated rings. The molecule has 1 aromatic rings. The number of furan rings is 1. The minimum Gasteiger partial charge on any atom is -0.497 e. The fourth-order valence-electron chi connectivity index (χ4n) is 0.962. The van der Waals surface area contributed by atoms with Gasteiger partial charge < -0.3 is 9.15 Å². The molecule has 0 saturated carbocycles. The van der Waals surface area contributed by atoms with Gasteiger partial charge in [-0.1, -0.05) is 6.58 Å². The van der Waals surface area contributed by atoms with E-state index in [1.54, 1.807) is 6.92 Å². The molecular formula is C8H9ClO4S. The lowest BCUT2D eigenvalue weighted by Crippen LogP contribution is -1.86. The van der Waals surface area contributed by atoms with Gasteiger partial charge in [-0.2, -0.15) is 0 Å². The first-order valence-corrected chi connectivity index (χ1v) is 5.95. The second kappa shape index (κ2) is 3.67. The van der Waals surface area contributed by atoms with Gasteiger partial charge in [0.2, 0.25) is 5.09 Å². The molecule has 0 N–H and O–H groups in total. The van der Waals surface area contributed by atoms with Crippen molar-refractivity contribution in [3.63, 3.8) is 0 Å². The van der Waals surface area contributed by atoms with Crippen LogP contribution in [0, 0.1) is 6.92 Å². The van der Waals surface area contributed by atoms with Gasteiger partial charge in [0.05, 0.1) is 12.7 Å². The van der Waals surface area contributed by atoms with E-state index in [0.717, 1.165) is 0 Å². The van der Waals surface area contributed by atoms with Gasteiger partial charge in [-0.15, -0.1) is 0 Å². The second-order valence-corrected chi connectivity index (χ2v) is 5.10. The molecule has 78 valence electrons. The number of aryl methyl sites for hydroxylation is 1. The average Bonchev–Trinajstić information content (AvgIpc) is 2.45. The molecule has 0 unspecified atom stereocenters. The fourth-order valence-corrected chi connectivity index (χ4v) is 1.67. The molecule has 0 aliphatic heterocycles. The van der Waals surface area contributed by atoms with Crippen LogP contribution in [0.5, 0.6) is 0 Å². The Morgan fingerprint density at radius 1 is 1.64 bits per heavy atom. The average molecular weight is 237 g/mol. The van der Waals surface area contributed by atoms with E-state index in [-0.39, 0.29) is 5.09 Å². The molecular weight excluding hydrogens is 228 g/mol. The molecule has 0 saturated heterocycles. The summed E-state index contributed by atoms with van der Waals surface area (Å²) in [4.78, 5) is 0. The van der Waals surface area contributed by atoms with Crippen molar-refractivity contribution in [1.29, 1.82) is 0 Å². The Kier molecular flexibility index (Phi) is 2.92. The monoisotopic (exact) mass is 236 g/mol. The largest absolute Gasteiger partial charge is 0.497 e. The first kappa shape index (κ1) is 11.1. The Morgan fingerprint density at radius 2 is 2.21 bits per heavy atom. The summed E-state index contributed by atoms with van der Waals surface area (Å²) in [6.07, 6.45) is 0. The van der Waals surface area contributed by atoms with Gasteiger partial charge in [0, 0.05) is 16.7 Å².